The third-order valence-electron chi connectivity index (χ3n) is 3.82. The first kappa shape index (κ1) is 11.4. The lowest BCUT2D eigenvalue weighted by atomic mass is 9.84. The predicted molar refractivity (Wildman–Crippen MR) is 59.7 cm³/mol. The maximum Gasteiger partial charge on any atom is 0.0469 e. The molecule has 2 aliphatic heterocycles. The summed E-state index contributed by atoms with van der Waals surface area (Å²) in [7, 11) is 0. The van der Waals surface area contributed by atoms with Crippen molar-refractivity contribution in [1.29, 1.82) is 0 Å². The second-order valence-corrected chi connectivity index (χ2v) is 4.91. The Balaban J connectivity index is 1.72. The molecule has 0 aromatic heterocycles. The Hall–Kier alpha value is -0.120. The van der Waals surface area contributed by atoms with Crippen molar-refractivity contribution >= 4 is 0 Å². The molecule has 2 heterocycles. The summed E-state index contributed by atoms with van der Waals surface area (Å²) >= 11 is 0. The number of hydrogen-bond acceptors (Lipinski definition) is 3. The Bertz CT molecular complexity index is 174. The molecule has 0 spiro atoms. The van der Waals surface area contributed by atoms with Crippen molar-refractivity contribution in [3.63, 3.8) is 0 Å². The van der Waals surface area contributed by atoms with Crippen molar-refractivity contribution < 1.29 is 9.47 Å². The zero-order chi connectivity index (χ0) is 10.5. The molecule has 2 fully saturated rings. The summed E-state index contributed by atoms with van der Waals surface area (Å²) in [5, 5.41) is 0. The number of nitrogens with two attached hydrogens (primary N) is 1. The van der Waals surface area contributed by atoms with Gasteiger partial charge in [-0.25, -0.2) is 0 Å². The molecule has 0 bridgehead atoms. The molecule has 0 aromatic carbocycles. The quantitative estimate of drug-likeness (QED) is 0.773. The highest BCUT2D eigenvalue weighted by Gasteiger charge is 2.24. The van der Waals surface area contributed by atoms with Crippen molar-refractivity contribution in [2.24, 2.45) is 17.6 Å². The van der Waals surface area contributed by atoms with Gasteiger partial charge in [-0.2, -0.15) is 0 Å². The van der Waals surface area contributed by atoms with Gasteiger partial charge in [0.25, 0.3) is 0 Å². The first-order valence-electron chi connectivity index (χ1n) is 6.27. The molecule has 2 saturated heterocycles. The van der Waals surface area contributed by atoms with Crippen LogP contribution in [0.25, 0.3) is 0 Å². The lowest BCUT2D eigenvalue weighted by molar-refractivity contribution is 0.0408. The highest BCUT2D eigenvalue weighted by atomic mass is 16.5. The Morgan fingerprint density at radius 2 is 1.47 bits per heavy atom. The molecule has 0 aromatic rings. The van der Waals surface area contributed by atoms with Gasteiger partial charge < -0.3 is 15.2 Å². The fraction of sp³-hybridized carbons (Fsp3) is 1.00. The summed E-state index contributed by atoms with van der Waals surface area (Å²) in [6.07, 6.45) is 5.91. The third kappa shape index (κ3) is 3.44. The average Bonchev–Trinajstić information content (AvgIpc) is 2.31. The van der Waals surface area contributed by atoms with Crippen LogP contribution in [0.2, 0.25) is 0 Å². The van der Waals surface area contributed by atoms with Crippen LogP contribution in [0.1, 0.15) is 32.1 Å². The van der Waals surface area contributed by atoms with Crippen LogP contribution in [0, 0.1) is 11.8 Å². The van der Waals surface area contributed by atoms with Gasteiger partial charge in [0.05, 0.1) is 0 Å². The molecule has 3 heteroatoms. The van der Waals surface area contributed by atoms with Crippen LogP contribution in [0.4, 0.5) is 0 Å². The maximum atomic E-state index is 6.28. The molecule has 0 saturated carbocycles. The lowest BCUT2D eigenvalue weighted by Crippen LogP contribution is -2.36. The zero-order valence-corrected chi connectivity index (χ0v) is 9.49. The molecule has 88 valence electrons. The molecule has 0 radical (unpaired) electrons. The van der Waals surface area contributed by atoms with Gasteiger partial charge in [0.2, 0.25) is 0 Å². The minimum atomic E-state index is 0.386. The SMILES string of the molecule is NC(CC1CCOCC1)C1CCOCC1. The minimum absolute atomic E-state index is 0.386. The van der Waals surface area contributed by atoms with Gasteiger partial charge in [0.1, 0.15) is 0 Å². The highest BCUT2D eigenvalue weighted by Crippen LogP contribution is 2.26. The maximum absolute atomic E-state index is 6.28. The minimum Gasteiger partial charge on any atom is -0.381 e. The van der Waals surface area contributed by atoms with E-state index in [1.807, 2.05) is 0 Å². The second-order valence-electron chi connectivity index (χ2n) is 4.91. The summed E-state index contributed by atoms with van der Waals surface area (Å²) in [4.78, 5) is 0. The first-order chi connectivity index (χ1) is 7.36. The lowest BCUT2D eigenvalue weighted by Gasteiger charge is -2.31. The van der Waals surface area contributed by atoms with Gasteiger partial charge in [0, 0.05) is 32.5 Å². The normalized spacial score (nSPS) is 27.8. The van der Waals surface area contributed by atoms with Gasteiger partial charge in [-0.05, 0) is 43.9 Å². The molecule has 15 heavy (non-hydrogen) atoms. The van der Waals surface area contributed by atoms with E-state index < -0.39 is 0 Å². The summed E-state index contributed by atoms with van der Waals surface area (Å²) < 4.78 is 10.7. The van der Waals surface area contributed by atoms with Gasteiger partial charge in [-0.1, -0.05) is 0 Å². The van der Waals surface area contributed by atoms with E-state index >= 15 is 0 Å². The summed E-state index contributed by atoms with van der Waals surface area (Å²) in [5.41, 5.74) is 6.28. The Morgan fingerprint density at radius 3 is 2.07 bits per heavy atom. The van der Waals surface area contributed by atoms with Crippen molar-refractivity contribution in [3.8, 4) is 0 Å². The summed E-state index contributed by atoms with van der Waals surface area (Å²) in [6.45, 7) is 3.69. The van der Waals surface area contributed by atoms with Gasteiger partial charge in [-0.3, -0.25) is 0 Å². The van der Waals surface area contributed by atoms with Crippen molar-refractivity contribution in [3.05, 3.63) is 0 Å². The predicted octanol–water partition coefficient (Wildman–Crippen LogP) is 1.56. The molecule has 0 amide bonds. The fourth-order valence-corrected chi connectivity index (χ4v) is 2.70. The van der Waals surface area contributed by atoms with Crippen LogP contribution < -0.4 is 5.73 Å². The van der Waals surface area contributed by atoms with Gasteiger partial charge >= 0.3 is 0 Å². The van der Waals surface area contributed by atoms with E-state index in [1.54, 1.807) is 0 Å². The van der Waals surface area contributed by atoms with Crippen LogP contribution in [0.3, 0.4) is 0 Å². The van der Waals surface area contributed by atoms with E-state index in [2.05, 4.69) is 0 Å². The number of rotatable bonds is 3. The molecule has 1 atom stereocenters. The van der Waals surface area contributed by atoms with E-state index in [4.69, 9.17) is 15.2 Å². The van der Waals surface area contributed by atoms with E-state index in [9.17, 15) is 0 Å². The molecule has 3 nitrogen and oxygen atoms in total. The van der Waals surface area contributed by atoms with Crippen molar-refractivity contribution in [2.75, 3.05) is 26.4 Å². The van der Waals surface area contributed by atoms with Gasteiger partial charge in [0.15, 0.2) is 0 Å². The molecule has 1 unspecified atom stereocenters. The monoisotopic (exact) mass is 213 g/mol. The van der Waals surface area contributed by atoms with Crippen LogP contribution in [-0.4, -0.2) is 32.5 Å². The molecular formula is C12H23NO2. The third-order valence-corrected chi connectivity index (χ3v) is 3.82. The molecule has 0 aliphatic carbocycles. The van der Waals surface area contributed by atoms with Crippen molar-refractivity contribution in [1.82, 2.24) is 0 Å². The number of hydrogen-bond donors (Lipinski definition) is 1. The molecule has 2 aliphatic rings. The molecule has 2 rings (SSSR count). The largest absolute Gasteiger partial charge is 0.381 e. The summed E-state index contributed by atoms with van der Waals surface area (Å²) in [5.74, 6) is 1.50. The Labute approximate surface area is 92.3 Å². The molecular weight excluding hydrogens is 190 g/mol. The van der Waals surface area contributed by atoms with E-state index in [0.29, 0.717) is 12.0 Å². The topological polar surface area (TPSA) is 44.5 Å². The number of ether oxygens (including phenoxy) is 2. The standard InChI is InChI=1S/C12H23NO2/c13-12(11-3-7-15-8-4-11)9-10-1-5-14-6-2-10/h10-12H,1-9,13H2. The molecule has 2 N–H and O–H groups in total. The van der Waals surface area contributed by atoms with Crippen LogP contribution in [-0.2, 0) is 9.47 Å². The van der Waals surface area contributed by atoms with Gasteiger partial charge in [-0.15, -0.1) is 0 Å². The second kappa shape index (κ2) is 5.83. The zero-order valence-electron chi connectivity index (χ0n) is 9.49. The highest BCUT2D eigenvalue weighted by molar-refractivity contribution is 4.79. The van der Waals surface area contributed by atoms with E-state index in [-0.39, 0.29) is 0 Å². The Kier molecular flexibility index (Phi) is 4.42. The first-order valence-corrected chi connectivity index (χ1v) is 6.27. The van der Waals surface area contributed by atoms with Crippen LogP contribution in [0.5, 0.6) is 0 Å². The Morgan fingerprint density at radius 1 is 0.933 bits per heavy atom. The average molecular weight is 213 g/mol. The fourth-order valence-electron chi connectivity index (χ4n) is 2.70. The summed E-state index contributed by atoms with van der Waals surface area (Å²) in [6, 6.07) is 0.386. The van der Waals surface area contributed by atoms with E-state index in [0.717, 1.165) is 45.2 Å². The van der Waals surface area contributed by atoms with Crippen molar-refractivity contribution in [2.45, 2.75) is 38.1 Å². The van der Waals surface area contributed by atoms with Crippen LogP contribution in [0.15, 0.2) is 0 Å². The smallest absolute Gasteiger partial charge is 0.0469 e. The van der Waals surface area contributed by atoms with Crippen LogP contribution >= 0.6 is 0 Å². The van der Waals surface area contributed by atoms with E-state index in [1.165, 1.54) is 19.3 Å².